The van der Waals surface area contributed by atoms with Crippen LogP contribution in [0.3, 0.4) is 0 Å². The van der Waals surface area contributed by atoms with Gasteiger partial charge in [0.25, 0.3) is 0 Å². The molecular formula is C15H16N2OS. The van der Waals surface area contributed by atoms with Gasteiger partial charge in [0.1, 0.15) is 5.82 Å². The lowest BCUT2D eigenvalue weighted by atomic mass is 10.1. The minimum absolute atomic E-state index is 0.496. The molecule has 0 bridgehead atoms. The van der Waals surface area contributed by atoms with Gasteiger partial charge in [0.15, 0.2) is 0 Å². The van der Waals surface area contributed by atoms with E-state index in [4.69, 9.17) is 0 Å². The van der Waals surface area contributed by atoms with Crippen molar-refractivity contribution in [2.24, 2.45) is 0 Å². The number of benzene rings is 1. The monoisotopic (exact) mass is 272 g/mol. The Kier molecular flexibility index (Phi) is 3.36. The Bertz CT molecular complexity index is 686. The van der Waals surface area contributed by atoms with Crippen molar-refractivity contribution < 1.29 is 5.11 Å². The molecule has 2 heterocycles. The van der Waals surface area contributed by atoms with Crippen molar-refractivity contribution >= 4 is 21.4 Å². The topological polar surface area (TPSA) is 38.0 Å². The van der Waals surface area contributed by atoms with E-state index in [1.165, 1.54) is 4.70 Å². The predicted octanol–water partition coefficient (Wildman–Crippen LogP) is 3.39. The Hall–Kier alpha value is -1.65. The molecule has 1 unspecified atom stereocenters. The number of thiophene rings is 1. The van der Waals surface area contributed by atoms with Gasteiger partial charge in [-0.05, 0) is 29.3 Å². The number of aryl methyl sites for hydroxylation is 1. The molecule has 0 spiro atoms. The van der Waals surface area contributed by atoms with Crippen LogP contribution in [0, 0.1) is 0 Å². The molecule has 0 aliphatic carbocycles. The highest BCUT2D eigenvalue weighted by Gasteiger charge is 2.15. The molecule has 19 heavy (non-hydrogen) atoms. The van der Waals surface area contributed by atoms with Crippen molar-refractivity contribution in [3.63, 3.8) is 0 Å². The molecule has 4 heteroatoms. The number of aliphatic hydroxyl groups excluding tert-OH is 1. The highest BCUT2D eigenvalue weighted by Crippen LogP contribution is 2.31. The molecule has 2 aromatic heterocycles. The molecule has 0 fully saturated rings. The zero-order chi connectivity index (χ0) is 13.2. The van der Waals surface area contributed by atoms with Gasteiger partial charge < -0.3 is 9.67 Å². The van der Waals surface area contributed by atoms with E-state index in [1.54, 1.807) is 17.5 Å². The van der Waals surface area contributed by atoms with Crippen LogP contribution in [0.4, 0.5) is 0 Å². The van der Waals surface area contributed by atoms with Crippen LogP contribution in [0.25, 0.3) is 10.1 Å². The van der Waals surface area contributed by atoms with Crippen LogP contribution >= 0.6 is 11.3 Å². The van der Waals surface area contributed by atoms with Crippen molar-refractivity contribution in [2.45, 2.75) is 26.0 Å². The summed E-state index contributed by atoms with van der Waals surface area (Å²) in [6.07, 6.45) is 3.80. The lowest BCUT2D eigenvalue weighted by Gasteiger charge is -2.11. The maximum absolute atomic E-state index is 10.5. The third-order valence-electron chi connectivity index (χ3n) is 3.39. The minimum atomic E-state index is -0.496. The first-order valence-electron chi connectivity index (χ1n) is 6.43. The zero-order valence-electron chi connectivity index (χ0n) is 10.8. The summed E-state index contributed by atoms with van der Waals surface area (Å²) in [4.78, 5) is 4.32. The third-order valence-corrected chi connectivity index (χ3v) is 4.37. The molecule has 0 aliphatic heterocycles. The fourth-order valence-electron chi connectivity index (χ4n) is 2.36. The third kappa shape index (κ3) is 2.29. The molecule has 0 saturated carbocycles. The van der Waals surface area contributed by atoms with Crippen molar-refractivity contribution in [1.29, 1.82) is 0 Å². The van der Waals surface area contributed by atoms with Crippen LogP contribution in [0.1, 0.15) is 24.4 Å². The number of hydrogen-bond donors (Lipinski definition) is 1. The number of rotatable bonds is 4. The molecule has 0 radical (unpaired) electrons. The van der Waals surface area contributed by atoms with Gasteiger partial charge in [-0.15, -0.1) is 11.3 Å². The van der Waals surface area contributed by atoms with Crippen LogP contribution < -0.4 is 0 Å². The van der Waals surface area contributed by atoms with Crippen molar-refractivity contribution in [3.05, 3.63) is 53.4 Å². The number of imidazole rings is 1. The molecule has 3 rings (SSSR count). The Balaban J connectivity index is 1.90. The first-order chi connectivity index (χ1) is 9.29. The van der Waals surface area contributed by atoms with Gasteiger partial charge in [-0.2, -0.15) is 0 Å². The Morgan fingerprint density at radius 1 is 1.37 bits per heavy atom. The highest BCUT2D eigenvalue weighted by atomic mass is 32.1. The predicted molar refractivity (Wildman–Crippen MR) is 78.4 cm³/mol. The molecule has 0 amide bonds. The van der Waals surface area contributed by atoms with Crippen LogP contribution in [-0.2, 0) is 13.0 Å². The van der Waals surface area contributed by atoms with Gasteiger partial charge >= 0.3 is 0 Å². The maximum atomic E-state index is 10.5. The van der Waals surface area contributed by atoms with Crippen LogP contribution in [-0.4, -0.2) is 14.7 Å². The fourth-order valence-corrected chi connectivity index (χ4v) is 3.37. The molecule has 1 atom stereocenters. The Labute approximate surface area is 116 Å². The Morgan fingerprint density at radius 3 is 3.05 bits per heavy atom. The van der Waals surface area contributed by atoms with E-state index < -0.39 is 6.10 Å². The summed E-state index contributed by atoms with van der Waals surface area (Å²) >= 11 is 1.68. The molecule has 1 N–H and O–H groups in total. The van der Waals surface area contributed by atoms with E-state index in [0.29, 0.717) is 6.42 Å². The van der Waals surface area contributed by atoms with Gasteiger partial charge in [0, 0.05) is 30.1 Å². The van der Waals surface area contributed by atoms with Crippen LogP contribution in [0.2, 0.25) is 0 Å². The number of aliphatic hydroxyl groups is 1. The molecule has 3 nitrogen and oxygen atoms in total. The lowest BCUT2D eigenvalue weighted by molar-refractivity contribution is 0.176. The normalized spacial score (nSPS) is 12.9. The fraction of sp³-hybridized carbons (Fsp3) is 0.267. The first kappa shape index (κ1) is 12.4. The smallest absolute Gasteiger partial charge is 0.111 e. The van der Waals surface area contributed by atoms with E-state index in [1.807, 2.05) is 18.3 Å². The van der Waals surface area contributed by atoms with E-state index in [2.05, 4.69) is 34.0 Å². The Morgan fingerprint density at radius 2 is 2.21 bits per heavy atom. The number of nitrogens with zero attached hydrogens (tertiary/aromatic N) is 2. The second kappa shape index (κ2) is 5.15. The maximum Gasteiger partial charge on any atom is 0.111 e. The first-order valence-corrected chi connectivity index (χ1v) is 7.31. The minimum Gasteiger partial charge on any atom is -0.388 e. The molecule has 0 saturated heterocycles. The average molecular weight is 272 g/mol. The summed E-state index contributed by atoms with van der Waals surface area (Å²) in [6.45, 7) is 2.96. The second-order valence-electron chi connectivity index (χ2n) is 4.54. The number of aromatic nitrogens is 2. The SMILES string of the molecule is CCn1ccnc1CC(O)c1csc2ccccc12. The number of fused-ring (bicyclic) bond motifs is 1. The van der Waals surface area contributed by atoms with Gasteiger partial charge in [-0.3, -0.25) is 0 Å². The van der Waals surface area contributed by atoms with Crippen molar-refractivity contribution in [3.8, 4) is 0 Å². The summed E-state index contributed by atoms with van der Waals surface area (Å²) in [5.41, 5.74) is 1.01. The standard InChI is InChI=1S/C15H16N2OS/c1-2-17-8-7-16-15(17)9-13(18)12-10-19-14-6-4-3-5-11(12)14/h3-8,10,13,18H,2,9H2,1H3. The number of hydrogen-bond acceptors (Lipinski definition) is 3. The van der Waals surface area contributed by atoms with Crippen LogP contribution in [0.15, 0.2) is 42.0 Å². The molecule has 98 valence electrons. The lowest BCUT2D eigenvalue weighted by Crippen LogP contribution is -2.07. The second-order valence-corrected chi connectivity index (χ2v) is 5.45. The molecular weight excluding hydrogens is 256 g/mol. The van der Waals surface area contributed by atoms with E-state index >= 15 is 0 Å². The van der Waals surface area contributed by atoms with Gasteiger partial charge in [0.05, 0.1) is 6.10 Å². The summed E-state index contributed by atoms with van der Waals surface area (Å²) in [6, 6.07) is 8.19. The summed E-state index contributed by atoms with van der Waals surface area (Å²) in [5.74, 6) is 0.935. The van der Waals surface area contributed by atoms with Gasteiger partial charge in [-0.1, -0.05) is 18.2 Å². The highest BCUT2D eigenvalue weighted by molar-refractivity contribution is 7.17. The summed E-state index contributed by atoms with van der Waals surface area (Å²) in [5, 5.41) is 13.7. The summed E-state index contributed by atoms with van der Waals surface area (Å²) in [7, 11) is 0. The van der Waals surface area contributed by atoms with E-state index in [9.17, 15) is 5.11 Å². The van der Waals surface area contributed by atoms with E-state index in [0.717, 1.165) is 23.3 Å². The molecule has 3 aromatic rings. The average Bonchev–Trinajstić information content (AvgIpc) is 3.04. The molecule has 1 aromatic carbocycles. The molecule has 0 aliphatic rings. The van der Waals surface area contributed by atoms with Crippen molar-refractivity contribution in [1.82, 2.24) is 9.55 Å². The van der Waals surface area contributed by atoms with Crippen molar-refractivity contribution in [2.75, 3.05) is 0 Å². The van der Waals surface area contributed by atoms with E-state index in [-0.39, 0.29) is 0 Å². The zero-order valence-corrected chi connectivity index (χ0v) is 11.6. The van der Waals surface area contributed by atoms with Crippen LogP contribution in [0.5, 0.6) is 0 Å². The van der Waals surface area contributed by atoms with Gasteiger partial charge in [0.2, 0.25) is 0 Å². The largest absolute Gasteiger partial charge is 0.388 e. The van der Waals surface area contributed by atoms with Gasteiger partial charge in [-0.25, -0.2) is 4.98 Å². The summed E-state index contributed by atoms with van der Waals surface area (Å²) < 4.78 is 3.29. The quantitative estimate of drug-likeness (QED) is 0.790.